The molecule has 1 aliphatic heterocycles. The van der Waals surface area contributed by atoms with Gasteiger partial charge in [0.25, 0.3) is 0 Å². The van der Waals surface area contributed by atoms with Gasteiger partial charge in [0.05, 0.1) is 11.0 Å². The highest BCUT2D eigenvalue weighted by atomic mass is 79.9. The molecule has 1 aliphatic rings. The first kappa shape index (κ1) is 12.6. The number of anilines is 1. The van der Waals surface area contributed by atoms with Crippen molar-refractivity contribution in [3.05, 3.63) is 16.0 Å². The van der Waals surface area contributed by atoms with E-state index < -0.39 is 0 Å². The van der Waals surface area contributed by atoms with Crippen molar-refractivity contribution in [2.45, 2.75) is 12.8 Å². The molecule has 0 aliphatic carbocycles. The standard InChI is InChI=1S/C10H12BrClN4O/c11-7-5-14-10(12)15-9(7)13-6-8(17)16-3-1-2-4-16/h5H,1-4,6H2,(H,13,14,15). The van der Waals surface area contributed by atoms with Crippen LogP contribution in [0.3, 0.4) is 0 Å². The molecule has 2 rings (SSSR count). The second-order valence-corrected chi connectivity index (χ2v) is 4.97. The topological polar surface area (TPSA) is 58.1 Å². The molecule has 92 valence electrons. The van der Waals surface area contributed by atoms with E-state index in [2.05, 4.69) is 31.2 Å². The lowest BCUT2D eigenvalue weighted by molar-refractivity contribution is -0.128. The Morgan fingerprint density at radius 2 is 2.24 bits per heavy atom. The van der Waals surface area contributed by atoms with Crippen LogP contribution in [0, 0.1) is 0 Å². The van der Waals surface area contributed by atoms with Gasteiger partial charge >= 0.3 is 0 Å². The van der Waals surface area contributed by atoms with E-state index in [4.69, 9.17) is 11.6 Å². The van der Waals surface area contributed by atoms with Crippen molar-refractivity contribution in [3.63, 3.8) is 0 Å². The normalized spacial score (nSPS) is 15.1. The number of nitrogens with zero attached hydrogens (tertiary/aromatic N) is 3. The summed E-state index contributed by atoms with van der Waals surface area (Å²) in [6.07, 6.45) is 3.74. The summed E-state index contributed by atoms with van der Waals surface area (Å²) in [6.45, 7) is 1.93. The van der Waals surface area contributed by atoms with Crippen LogP contribution in [0.2, 0.25) is 5.28 Å². The molecule has 1 aromatic heterocycles. The molecule has 0 spiro atoms. The minimum Gasteiger partial charge on any atom is -0.360 e. The summed E-state index contributed by atoms with van der Waals surface area (Å²) in [5, 5.41) is 3.11. The average Bonchev–Trinajstić information content (AvgIpc) is 2.83. The molecule has 1 fully saturated rings. The first-order valence-corrected chi connectivity index (χ1v) is 6.53. The highest BCUT2D eigenvalue weighted by molar-refractivity contribution is 9.10. The first-order chi connectivity index (χ1) is 8.16. The zero-order chi connectivity index (χ0) is 12.3. The van der Waals surface area contributed by atoms with E-state index in [0.29, 0.717) is 10.3 Å². The highest BCUT2D eigenvalue weighted by Crippen LogP contribution is 2.20. The number of rotatable bonds is 3. The Kier molecular flexibility index (Phi) is 4.17. The summed E-state index contributed by atoms with van der Waals surface area (Å²) in [5.74, 6) is 0.627. The Morgan fingerprint density at radius 1 is 1.53 bits per heavy atom. The maximum Gasteiger partial charge on any atom is 0.241 e. The van der Waals surface area contributed by atoms with Gasteiger partial charge in [-0.25, -0.2) is 4.98 Å². The fraction of sp³-hybridized carbons (Fsp3) is 0.500. The maximum atomic E-state index is 11.8. The van der Waals surface area contributed by atoms with Gasteiger partial charge in [0.1, 0.15) is 5.82 Å². The molecular weight excluding hydrogens is 307 g/mol. The van der Waals surface area contributed by atoms with Crippen LogP contribution in [0.5, 0.6) is 0 Å². The smallest absolute Gasteiger partial charge is 0.241 e. The van der Waals surface area contributed by atoms with Gasteiger partial charge in [-0.1, -0.05) is 0 Å². The summed E-state index contributed by atoms with van der Waals surface area (Å²) in [7, 11) is 0. The molecule has 0 saturated carbocycles. The van der Waals surface area contributed by atoms with E-state index in [-0.39, 0.29) is 17.7 Å². The zero-order valence-corrected chi connectivity index (χ0v) is 11.5. The number of nitrogens with one attached hydrogen (secondary N) is 1. The Bertz CT molecular complexity index is 423. The number of amides is 1. The van der Waals surface area contributed by atoms with Crippen LogP contribution in [-0.2, 0) is 4.79 Å². The van der Waals surface area contributed by atoms with Crippen molar-refractivity contribution in [1.29, 1.82) is 0 Å². The second kappa shape index (κ2) is 5.64. The van der Waals surface area contributed by atoms with Crippen LogP contribution < -0.4 is 5.32 Å². The van der Waals surface area contributed by atoms with Gasteiger partial charge in [-0.2, -0.15) is 4.98 Å². The Balaban J connectivity index is 1.92. The number of aromatic nitrogens is 2. The number of carbonyl (C=O) groups is 1. The minimum atomic E-state index is 0.0872. The fourth-order valence-corrected chi connectivity index (χ4v) is 2.17. The lowest BCUT2D eigenvalue weighted by Crippen LogP contribution is -2.33. The highest BCUT2D eigenvalue weighted by Gasteiger charge is 2.17. The largest absolute Gasteiger partial charge is 0.360 e. The van der Waals surface area contributed by atoms with Gasteiger partial charge in [0.2, 0.25) is 11.2 Å². The second-order valence-electron chi connectivity index (χ2n) is 3.78. The summed E-state index contributed by atoms with van der Waals surface area (Å²) in [5.41, 5.74) is 0. The van der Waals surface area contributed by atoms with Crippen molar-refractivity contribution in [2.24, 2.45) is 0 Å². The van der Waals surface area contributed by atoms with E-state index in [1.807, 2.05) is 4.90 Å². The number of likely N-dealkylation sites (tertiary alicyclic amines) is 1. The van der Waals surface area contributed by atoms with E-state index >= 15 is 0 Å². The molecule has 1 saturated heterocycles. The third kappa shape index (κ3) is 3.29. The van der Waals surface area contributed by atoms with Crippen molar-refractivity contribution in [1.82, 2.24) is 14.9 Å². The van der Waals surface area contributed by atoms with Crippen molar-refractivity contribution >= 4 is 39.3 Å². The Hall–Kier alpha value is -0.880. The molecule has 1 aromatic rings. The molecule has 2 heterocycles. The molecule has 1 amide bonds. The van der Waals surface area contributed by atoms with Crippen LogP contribution in [-0.4, -0.2) is 40.4 Å². The third-order valence-electron chi connectivity index (χ3n) is 2.58. The Morgan fingerprint density at radius 3 is 2.94 bits per heavy atom. The van der Waals surface area contributed by atoms with Gasteiger partial charge in [-0.3, -0.25) is 4.79 Å². The number of hydrogen-bond acceptors (Lipinski definition) is 4. The van der Waals surface area contributed by atoms with E-state index in [0.717, 1.165) is 25.9 Å². The monoisotopic (exact) mass is 318 g/mol. The lowest BCUT2D eigenvalue weighted by Gasteiger charge is -2.15. The third-order valence-corrected chi connectivity index (χ3v) is 3.34. The molecule has 7 heteroatoms. The van der Waals surface area contributed by atoms with Crippen LogP contribution in [0.15, 0.2) is 10.7 Å². The number of carbonyl (C=O) groups excluding carboxylic acids is 1. The summed E-state index contributed by atoms with van der Waals surface area (Å²) >= 11 is 8.97. The Labute approximate surface area is 113 Å². The van der Waals surface area contributed by atoms with E-state index in [1.54, 1.807) is 6.20 Å². The molecule has 0 unspecified atom stereocenters. The average molecular weight is 320 g/mol. The molecule has 1 N–H and O–H groups in total. The van der Waals surface area contributed by atoms with Gasteiger partial charge in [0, 0.05) is 19.3 Å². The molecule has 0 atom stereocenters. The lowest BCUT2D eigenvalue weighted by atomic mass is 10.4. The van der Waals surface area contributed by atoms with Gasteiger partial charge in [0.15, 0.2) is 0 Å². The fourth-order valence-electron chi connectivity index (χ4n) is 1.71. The van der Waals surface area contributed by atoms with Crippen molar-refractivity contribution in [2.75, 3.05) is 25.0 Å². The summed E-state index contributed by atoms with van der Waals surface area (Å²) in [4.78, 5) is 21.5. The van der Waals surface area contributed by atoms with Crippen molar-refractivity contribution < 1.29 is 4.79 Å². The molecule has 5 nitrogen and oxygen atoms in total. The van der Waals surface area contributed by atoms with Gasteiger partial charge < -0.3 is 10.2 Å². The predicted octanol–water partition coefficient (Wildman–Crippen LogP) is 1.93. The molecular formula is C10H12BrClN4O. The van der Waals surface area contributed by atoms with Crippen LogP contribution in [0.4, 0.5) is 5.82 Å². The molecule has 0 aromatic carbocycles. The molecule has 17 heavy (non-hydrogen) atoms. The summed E-state index contributed by atoms with van der Waals surface area (Å²) in [6, 6.07) is 0. The van der Waals surface area contributed by atoms with Crippen molar-refractivity contribution in [3.8, 4) is 0 Å². The maximum absolute atomic E-state index is 11.8. The molecule has 0 radical (unpaired) electrons. The first-order valence-electron chi connectivity index (χ1n) is 5.36. The van der Waals surface area contributed by atoms with Crippen LogP contribution in [0.25, 0.3) is 0 Å². The van der Waals surface area contributed by atoms with Crippen LogP contribution in [0.1, 0.15) is 12.8 Å². The minimum absolute atomic E-state index is 0.0872. The molecule has 0 bridgehead atoms. The van der Waals surface area contributed by atoms with Gasteiger partial charge in [-0.15, -0.1) is 0 Å². The quantitative estimate of drug-likeness (QED) is 0.865. The zero-order valence-electron chi connectivity index (χ0n) is 9.12. The number of hydrogen-bond donors (Lipinski definition) is 1. The van der Waals surface area contributed by atoms with Gasteiger partial charge in [-0.05, 0) is 40.4 Å². The van der Waals surface area contributed by atoms with E-state index in [1.165, 1.54) is 0 Å². The summed E-state index contributed by atoms with van der Waals surface area (Å²) < 4.78 is 0.691. The number of halogens is 2. The van der Waals surface area contributed by atoms with Crippen LogP contribution >= 0.6 is 27.5 Å². The predicted molar refractivity (Wildman–Crippen MR) is 69.0 cm³/mol. The van der Waals surface area contributed by atoms with E-state index in [9.17, 15) is 4.79 Å². The SMILES string of the molecule is O=C(CNc1nc(Cl)ncc1Br)N1CCCC1.